The van der Waals surface area contributed by atoms with Crippen molar-refractivity contribution < 1.29 is 32.6 Å². The molecule has 0 aliphatic rings. The third kappa shape index (κ3) is 6.04. The van der Waals surface area contributed by atoms with Crippen LogP contribution in [0.15, 0.2) is 54.6 Å². The van der Waals surface area contributed by atoms with Crippen LogP contribution in [-0.4, -0.2) is 31.1 Å². The fourth-order valence-corrected chi connectivity index (χ4v) is 2.23. The molecule has 2 aromatic carbocycles. The van der Waals surface area contributed by atoms with Crippen LogP contribution in [0.4, 0.5) is 13.6 Å². The molecule has 2 N–H and O–H groups in total. The van der Waals surface area contributed by atoms with E-state index < -0.39 is 30.6 Å². The number of alkyl halides is 2. The number of hydrogen-bond acceptors (Lipinski definition) is 5. The van der Waals surface area contributed by atoms with E-state index >= 15 is 0 Å². The zero-order valence-corrected chi connectivity index (χ0v) is 14.9. The Morgan fingerprint density at radius 3 is 2.21 bits per heavy atom. The molecule has 9 heteroatoms. The highest BCUT2D eigenvalue weighted by Crippen LogP contribution is 2.21. The van der Waals surface area contributed by atoms with Crippen LogP contribution in [-0.2, 0) is 9.53 Å². The van der Waals surface area contributed by atoms with Gasteiger partial charge in [-0.1, -0.05) is 30.3 Å². The highest BCUT2D eigenvalue weighted by Gasteiger charge is 2.27. The molecular weight excluding hydrogens is 374 g/mol. The Hall–Kier alpha value is -3.49. The van der Waals surface area contributed by atoms with E-state index in [1.807, 2.05) is 0 Å². The molecule has 2 rings (SSSR count). The largest absolute Gasteiger partial charge is 0.444 e. The van der Waals surface area contributed by atoms with Gasteiger partial charge in [0.05, 0.1) is 5.56 Å². The van der Waals surface area contributed by atoms with Gasteiger partial charge in [-0.2, -0.15) is 8.78 Å². The number of carbonyl (C=O) groups excluding carboxylic acids is 3. The molecule has 0 unspecified atom stereocenters. The highest BCUT2D eigenvalue weighted by atomic mass is 19.3. The number of urea groups is 1. The zero-order chi connectivity index (χ0) is 20.5. The van der Waals surface area contributed by atoms with Crippen molar-refractivity contribution >= 4 is 17.9 Å². The normalized spacial score (nSPS) is 11.4. The molecule has 2 aromatic rings. The predicted molar refractivity (Wildman–Crippen MR) is 94.9 cm³/mol. The number of benzene rings is 2. The van der Waals surface area contributed by atoms with Crippen molar-refractivity contribution in [3.8, 4) is 5.75 Å². The summed E-state index contributed by atoms with van der Waals surface area (Å²) in [5.41, 5.74) is 0.378. The molecule has 7 nitrogen and oxygen atoms in total. The van der Waals surface area contributed by atoms with E-state index in [0.717, 1.165) is 0 Å². The summed E-state index contributed by atoms with van der Waals surface area (Å²) in [6.45, 7) is -1.000. The second-order valence-corrected chi connectivity index (χ2v) is 5.45. The average molecular weight is 392 g/mol. The van der Waals surface area contributed by atoms with Gasteiger partial charge < -0.3 is 14.8 Å². The van der Waals surface area contributed by atoms with Gasteiger partial charge in [-0.3, -0.25) is 10.1 Å². The number of rotatable bonds is 7. The Morgan fingerprint density at radius 1 is 1.00 bits per heavy atom. The SMILES string of the molecule is CCNC(=O)NC(=O)[C@H](OC(=O)c1ccc(OC(F)F)cc1)c1ccccc1. The third-order valence-electron chi connectivity index (χ3n) is 3.45. The van der Waals surface area contributed by atoms with Crippen molar-refractivity contribution in [2.24, 2.45) is 0 Å². The fraction of sp³-hybridized carbons (Fsp3) is 0.211. The molecule has 28 heavy (non-hydrogen) atoms. The quantitative estimate of drug-likeness (QED) is 0.707. The Labute approximate surface area is 159 Å². The summed E-state index contributed by atoms with van der Waals surface area (Å²) in [4.78, 5) is 36.4. The van der Waals surface area contributed by atoms with Crippen molar-refractivity contribution in [3.05, 3.63) is 65.7 Å². The molecule has 3 amide bonds. The molecule has 0 saturated heterocycles. The molecule has 0 spiro atoms. The topological polar surface area (TPSA) is 93.7 Å². The number of nitrogens with one attached hydrogen (secondary N) is 2. The lowest BCUT2D eigenvalue weighted by Gasteiger charge is -2.18. The second kappa shape index (κ2) is 10.0. The monoisotopic (exact) mass is 392 g/mol. The van der Waals surface area contributed by atoms with Gasteiger partial charge in [0.2, 0.25) is 6.10 Å². The summed E-state index contributed by atoms with van der Waals surface area (Å²) in [7, 11) is 0. The molecule has 0 bridgehead atoms. The van der Waals surface area contributed by atoms with E-state index in [9.17, 15) is 23.2 Å². The first-order chi connectivity index (χ1) is 13.4. The summed E-state index contributed by atoms with van der Waals surface area (Å²) < 4.78 is 33.9. The molecule has 0 fully saturated rings. The van der Waals surface area contributed by atoms with Gasteiger partial charge in [0, 0.05) is 12.1 Å². The fourth-order valence-electron chi connectivity index (χ4n) is 2.23. The summed E-state index contributed by atoms with van der Waals surface area (Å²) in [5.74, 6) is -1.83. The third-order valence-corrected chi connectivity index (χ3v) is 3.45. The first kappa shape index (κ1) is 20.8. The minimum atomic E-state index is -2.99. The van der Waals surface area contributed by atoms with Crippen molar-refractivity contribution in [3.63, 3.8) is 0 Å². The highest BCUT2D eigenvalue weighted by molar-refractivity contribution is 5.99. The molecular formula is C19H18F2N2O5. The summed E-state index contributed by atoms with van der Waals surface area (Å²) >= 11 is 0. The van der Waals surface area contributed by atoms with Crippen LogP contribution in [0.25, 0.3) is 0 Å². The molecule has 0 aromatic heterocycles. The smallest absolute Gasteiger partial charge is 0.387 e. The molecule has 0 heterocycles. The standard InChI is InChI=1S/C19H18F2N2O5/c1-2-22-19(26)23-16(24)15(12-6-4-3-5-7-12)28-17(25)13-8-10-14(11-9-13)27-18(20)21/h3-11,15,18H,2H2,1H3,(H2,22,23,24,26)/t15-/m1/s1. The van der Waals surface area contributed by atoms with Crippen LogP contribution in [0.3, 0.4) is 0 Å². The van der Waals surface area contributed by atoms with Crippen LogP contribution in [0.2, 0.25) is 0 Å². The maximum atomic E-state index is 12.4. The Bertz CT molecular complexity index is 813. The van der Waals surface area contributed by atoms with E-state index in [4.69, 9.17) is 4.74 Å². The molecule has 0 radical (unpaired) electrons. The van der Waals surface area contributed by atoms with Gasteiger partial charge in [-0.15, -0.1) is 0 Å². The van der Waals surface area contributed by atoms with Gasteiger partial charge in [0.15, 0.2) is 0 Å². The van der Waals surface area contributed by atoms with Gasteiger partial charge in [0.25, 0.3) is 5.91 Å². The summed E-state index contributed by atoms with van der Waals surface area (Å²) in [5, 5.41) is 4.50. The van der Waals surface area contributed by atoms with Crippen LogP contribution in [0, 0.1) is 0 Å². The van der Waals surface area contributed by atoms with Crippen molar-refractivity contribution in [1.29, 1.82) is 0 Å². The van der Waals surface area contributed by atoms with Gasteiger partial charge in [-0.25, -0.2) is 9.59 Å². The first-order valence-corrected chi connectivity index (χ1v) is 8.30. The van der Waals surface area contributed by atoms with Crippen molar-refractivity contribution in [2.45, 2.75) is 19.6 Å². The lowest BCUT2D eigenvalue weighted by molar-refractivity contribution is -0.129. The van der Waals surface area contributed by atoms with E-state index in [0.29, 0.717) is 12.1 Å². The maximum absolute atomic E-state index is 12.4. The van der Waals surface area contributed by atoms with Crippen LogP contribution < -0.4 is 15.4 Å². The van der Waals surface area contributed by atoms with Gasteiger partial charge >= 0.3 is 18.6 Å². The number of imide groups is 1. The summed E-state index contributed by atoms with van der Waals surface area (Å²) in [6, 6.07) is 12.2. The van der Waals surface area contributed by atoms with Crippen molar-refractivity contribution in [1.82, 2.24) is 10.6 Å². The first-order valence-electron chi connectivity index (χ1n) is 8.30. The Kier molecular flexibility index (Phi) is 7.44. The second-order valence-electron chi connectivity index (χ2n) is 5.45. The van der Waals surface area contributed by atoms with E-state index in [2.05, 4.69) is 15.4 Å². The molecule has 148 valence electrons. The zero-order valence-electron chi connectivity index (χ0n) is 14.9. The molecule has 0 aliphatic heterocycles. The molecule has 0 saturated carbocycles. The minimum absolute atomic E-state index is 0.0216. The lowest BCUT2D eigenvalue weighted by Crippen LogP contribution is -2.42. The number of carbonyl (C=O) groups is 3. The Morgan fingerprint density at radius 2 is 1.64 bits per heavy atom. The number of hydrogen-bond donors (Lipinski definition) is 2. The lowest BCUT2D eigenvalue weighted by atomic mass is 10.1. The Balaban J connectivity index is 2.16. The van der Waals surface area contributed by atoms with Crippen LogP contribution in [0.5, 0.6) is 5.75 Å². The van der Waals surface area contributed by atoms with Crippen molar-refractivity contribution in [2.75, 3.05) is 6.54 Å². The van der Waals surface area contributed by atoms with Crippen LogP contribution in [0.1, 0.15) is 28.9 Å². The molecule has 1 atom stereocenters. The van der Waals surface area contributed by atoms with Gasteiger partial charge in [0.1, 0.15) is 5.75 Å². The van der Waals surface area contributed by atoms with E-state index in [1.165, 1.54) is 24.3 Å². The number of halogens is 2. The van der Waals surface area contributed by atoms with Crippen LogP contribution >= 0.6 is 0 Å². The van der Waals surface area contributed by atoms with Gasteiger partial charge in [-0.05, 0) is 31.2 Å². The maximum Gasteiger partial charge on any atom is 0.387 e. The predicted octanol–water partition coefficient (Wildman–Crippen LogP) is 3.03. The van der Waals surface area contributed by atoms with E-state index in [1.54, 1.807) is 37.3 Å². The number of esters is 1. The number of ether oxygens (including phenoxy) is 2. The average Bonchev–Trinajstić information content (AvgIpc) is 2.66. The number of amides is 3. The summed E-state index contributed by atoms with van der Waals surface area (Å²) in [6.07, 6.45) is -1.38. The van der Waals surface area contributed by atoms with E-state index in [-0.39, 0.29) is 11.3 Å². The minimum Gasteiger partial charge on any atom is -0.444 e. The molecule has 0 aliphatic carbocycles.